The highest BCUT2D eigenvalue weighted by Gasteiger charge is 2.12. The molecule has 0 unspecified atom stereocenters. The lowest BCUT2D eigenvalue weighted by atomic mass is 10.2. The molecule has 5 nitrogen and oxygen atoms in total. The van der Waals surface area contributed by atoms with Gasteiger partial charge in [0.2, 0.25) is 0 Å². The summed E-state index contributed by atoms with van der Waals surface area (Å²) >= 11 is 0. The maximum Gasteiger partial charge on any atom is 0.339 e. The van der Waals surface area contributed by atoms with Crippen molar-refractivity contribution in [2.75, 3.05) is 26.4 Å². The summed E-state index contributed by atoms with van der Waals surface area (Å²) in [6, 6.07) is 4.76. The quantitative estimate of drug-likeness (QED) is 0.634. The minimum absolute atomic E-state index is 0.132. The molecule has 0 fully saturated rings. The lowest BCUT2D eigenvalue weighted by Gasteiger charge is -2.12. The molecular formula is C16H24O5. The van der Waals surface area contributed by atoms with E-state index in [-0.39, 0.29) is 5.56 Å². The van der Waals surface area contributed by atoms with Crippen LogP contribution in [-0.2, 0) is 4.74 Å². The lowest BCUT2D eigenvalue weighted by Crippen LogP contribution is -2.10. The van der Waals surface area contributed by atoms with Crippen molar-refractivity contribution >= 4 is 5.97 Å². The van der Waals surface area contributed by atoms with Crippen LogP contribution in [0.3, 0.4) is 0 Å². The Bertz CT molecular complexity index is 431. The molecule has 0 aliphatic carbocycles. The van der Waals surface area contributed by atoms with Crippen LogP contribution in [0.4, 0.5) is 0 Å². The second-order valence-corrected chi connectivity index (χ2v) is 4.63. The third kappa shape index (κ3) is 6.49. The molecule has 0 saturated heterocycles. The molecule has 0 spiro atoms. The van der Waals surface area contributed by atoms with Crippen LogP contribution in [0.25, 0.3) is 0 Å². The van der Waals surface area contributed by atoms with E-state index in [1.54, 1.807) is 12.1 Å². The summed E-state index contributed by atoms with van der Waals surface area (Å²) in [7, 11) is 0. The second-order valence-electron chi connectivity index (χ2n) is 4.63. The molecule has 0 saturated carbocycles. The predicted molar refractivity (Wildman–Crippen MR) is 80.4 cm³/mol. The number of carboxylic acids is 1. The molecule has 0 heterocycles. The molecule has 1 rings (SSSR count). The number of carbonyl (C=O) groups is 1. The van der Waals surface area contributed by atoms with Crippen LogP contribution in [-0.4, -0.2) is 37.5 Å². The zero-order valence-corrected chi connectivity index (χ0v) is 12.8. The van der Waals surface area contributed by atoms with Crippen LogP contribution in [0.15, 0.2) is 18.2 Å². The molecule has 1 aromatic rings. The summed E-state index contributed by atoms with van der Waals surface area (Å²) in [4.78, 5) is 11.2. The number of aromatic carboxylic acids is 1. The molecule has 1 aromatic carbocycles. The van der Waals surface area contributed by atoms with Crippen molar-refractivity contribution in [2.24, 2.45) is 0 Å². The molecule has 21 heavy (non-hydrogen) atoms. The highest BCUT2D eigenvalue weighted by atomic mass is 16.5. The Balaban J connectivity index is 2.57. The van der Waals surface area contributed by atoms with Crippen LogP contribution >= 0.6 is 0 Å². The van der Waals surface area contributed by atoms with Gasteiger partial charge in [0.15, 0.2) is 0 Å². The average Bonchev–Trinajstić information content (AvgIpc) is 2.48. The van der Waals surface area contributed by atoms with E-state index in [0.717, 1.165) is 19.3 Å². The van der Waals surface area contributed by atoms with Crippen molar-refractivity contribution in [1.29, 1.82) is 0 Å². The molecule has 0 aliphatic rings. The maximum absolute atomic E-state index is 11.2. The van der Waals surface area contributed by atoms with Crippen molar-refractivity contribution in [3.63, 3.8) is 0 Å². The molecule has 0 atom stereocenters. The van der Waals surface area contributed by atoms with Crippen molar-refractivity contribution < 1.29 is 24.1 Å². The third-order valence-corrected chi connectivity index (χ3v) is 2.78. The van der Waals surface area contributed by atoms with Gasteiger partial charge in [0.25, 0.3) is 0 Å². The highest BCUT2D eigenvalue weighted by molar-refractivity contribution is 5.91. The molecule has 0 aliphatic heterocycles. The molecule has 118 valence electrons. The fourth-order valence-corrected chi connectivity index (χ4v) is 1.67. The molecule has 0 amide bonds. The van der Waals surface area contributed by atoms with Gasteiger partial charge in [-0.3, -0.25) is 0 Å². The average molecular weight is 296 g/mol. The van der Waals surface area contributed by atoms with E-state index >= 15 is 0 Å². The van der Waals surface area contributed by atoms with Gasteiger partial charge >= 0.3 is 5.97 Å². The molecule has 0 bridgehead atoms. The zero-order chi connectivity index (χ0) is 15.5. The normalized spacial score (nSPS) is 10.4. The summed E-state index contributed by atoms with van der Waals surface area (Å²) in [5, 5.41) is 9.15. The van der Waals surface area contributed by atoms with E-state index in [1.807, 2.05) is 6.92 Å². The SMILES string of the molecule is CCCCOCCOc1cc(OCCC)ccc1C(=O)O. The smallest absolute Gasteiger partial charge is 0.339 e. The van der Waals surface area contributed by atoms with Crippen LogP contribution < -0.4 is 9.47 Å². The maximum atomic E-state index is 11.2. The number of carboxylic acid groups (broad SMARTS) is 1. The number of rotatable bonds is 11. The standard InChI is InChI=1S/C16H24O5/c1-3-5-9-19-10-11-21-15-12-13(20-8-4-2)6-7-14(15)16(17)18/h6-7,12H,3-5,8-11H2,1-2H3,(H,17,18). The van der Waals surface area contributed by atoms with Gasteiger partial charge in [-0.05, 0) is 25.0 Å². The zero-order valence-electron chi connectivity index (χ0n) is 12.8. The van der Waals surface area contributed by atoms with E-state index in [1.165, 1.54) is 6.07 Å². The molecular weight excluding hydrogens is 272 g/mol. The van der Waals surface area contributed by atoms with Crippen molar-refractivity contribution in [1.82, 2.24) is 0 Å². The Labute approximate surface area is 125 Å². The first-order chi connectivity index (χ1) is 10.2. The molecule has 0 aromatic heterocycles. The largest absolute Gasteiger partial charge is 0.493 e. The van der Waals surface area contributed by atoms with Gasteiger partial charge in [-0.1, -0.05) is 20.3 Å². The van der Waals surface area contributed by atoms with E-state index in [9.17, 15) is 4.79 Å². The van der Waals surface area contributed by atoms with Gasteiger partial charge < -0.3 is 19.3 Å². The number of hydrogen-bond donors (Lipinski definition) is 1. The summed E-state index contributed by atoms with van der Waals surface area (Å²) < 4.78 is 16.4. The van der Waals surface area contributed by atoms with Gasteiger partial charge in [-0.2, -0.15) is 0 Å². The molecule has 1 N–H and O–H groups in total. The van der Waals surface area contributed by atoms with Crippen LogP contribution in [0.1, 0.15) is 43.5 Å². The first kappa shape index (κ1) is 17.3. The minimum atomic E-state index is -1.01. The Morgan fingerprint density at radius 1 is 1.05 bits per heavy atom. The van der Waals surface area contributed by atoms with Gasteiger partial charge in [0.1, 0.15) is 23.7 Å². The number of ether oxygens (including phenoxy) is 3. The Kier molecular flexibility index (Phi) is 8.28. The summed E-state index contributed by atoms with van der Waals surface area (Å²) in [5.41, 5.74) is 0.132. The van der Waals surface area contributed by atoms with Gasteiger partial charge in [0.05, 0.1) is 13.2 Å². The van der Waals surface area contributed by atoms with Gasteiger partial charge in [0, 0.05) is 12.7 Å². The van der Waals surface area contributed by atoms with Crippen molar-refractivity contribution in [3.8, 4) is 11.5 Å². The first-order valence-electron chi connectivity index (χ1n) is 7.39. The Hall–Kier alpha value is -1.75. The van der Waals surface area contributed by atoms with Gasteiger partial charge in [-0.25, -0.2) is 4.79 Å². The number of benzene rings is 1. The number of unbranched alkanes of at least 4 members (excludes halogenated alkanes) is 1. The lowest BCUT2D eigenvalue weighted by molar-refractivity contribution is 0.0684. The van der Waals surface area contributed by atoms with Crippen LogP contribution in [0.2, 0.25) is 0 Å². The fraction of sp³-hybridized carbons (Fsp3) is 0.562. The Morgan fingerprint density at radius 3 is 2.52 bits per heavy atom. The van der Waals surface area contributed by atoms with E-state index < -0.39 is 5.97 Å². The molecule has 5 heteroatoms. The van der Waals surface area contributed by atoms with Crippen molar-refractivity contribution in [3.05, 3.63) is 23.8 Å². The van der Waals surface area contributed by atoms with Gasteiger partial charge in [-0.15, -0.1) is 0 Å². The molecule has 0 radical (unpaired) electrons. The second kappa shape index (κ2) is 10.0. The fourth-order valence-electron chi connectivity index (χ4n) is 1.67. The summed E-state index contributed by atoms with van der Waals surface area (Å²) in [6.07, 6.45) is 2.99. The van der Waals surface area contributed by atoms with E-state index in [0.29, 0.717) is 37.9 Å². The van der Waals surface area contributed by atoms with Crippen molar-refractivity contribution in [2.45, 2.75) is 33.1 Å². The van der Waals surface area contributed by atoms with E-state index in [2.05, 4.69) is 6.92 Å². The monoisotopic (exact) mass is 296 g/mol. The predicted octanol–water partition coefficient (Wildman–Crippen LogP) is 3.37. The number of hydrogen-bond acceptors (Lipinski definition) is 4. The van der Waals surface area contributed by atoms with E-state index in [4.69, 9.17) is 19.3 Å². The Morgan fingerprint density at radius 2 is 1.86 bits per heavy atom. The highest BCUT2D eigenvalue weighted by Crippen LogP contribution is 2.25. The van der Waals surface area contributed by atoms with Crippen LogP contribution in [0, 0.1) is 0 Å². The topological polar surface area (TPSA) is 65.0 Å². The minimum Gasteiger partial charge on any atom is -0.493 e. The first-order valence-corrected chi connectivity index (χ1v) is 7.39. The summed E-state index contributed by atoms with van der Waals surface area (Å²) in [6.45, 7) is 6.16. The summed E-state index contributed by atoms with van der Waals surface area (Å²) in [5.74, 6) is -0.0853. The van der Waals surface area contributed by atoms with Crippen LogP contribution in [0.5, 0.6) is 11.5 Å². The third-order valence-electron chi connectivity index (χ3n) is 2.78.